The molecule has 0 radical (unpaired) electrons. The molecule has 1 heterocycles. The molecule has 2 rings (SSSR count). The minimum absolute atomic E-state index is 0.0609. The third-order valence-corrected chi connectivity index (χ3v) is 2.92. The Morgan fingerprint density at radius 1 is 1.21 bits per heavy atom. The van der Waals surface area contributed by atoms with Crippen molar-refractivity contribution >= 4 is 5.69 Å². The maximum atomic E-state index is 10.5. The maximum Gasteiger partial charge on any atom is 0.269 e. The first-order valence-corrected chi connectivity index (χ1v) is 6.32. The van der Waals surface area contributed by atoms with Gasteiger partial charge in [-0.2, -0.15) is 0 Å². The van der Waals surface area contributed by atoms with E-state index >= 15 is 0 Å². The van der Waals surface area contributed by atoms with E-state index in [2.05, 4.69) is 0 Å². The van der Waals surface area contributed by atoms with Gasteiger partial charge in [0, 0.05) is 25.3 Å². The van der Waals surface area contributed by atoms with Crippen LogP contribution < -0.4 is 4.74 Å². The number of non-ortho nitro benzene ring substituents is 1. The predicted molar refractivity (Wildman–Crippen MR) is 68.4 cm³/mol. The van der Waals surface area contributed by atoms with Crippen LogP contribution in [0.3, 0.4) is 0 Å². The average molecular weight is 267 g/mol. The highest BCUT2D eigenvalue weighted by molar-refractivity contribution is 5.35. The number of benzene rings is 1. The molecule has 0 bridgehead atoms. The summed E-state index contributed by atoms with van der Waals surface area (Å²) >= 11 is 0. The minimum atomic E-state index is -0.433. The molecular weight excluding hydrogens is 250 g/mol. The monoisotopic (exact) mass is 267 g/mol. The van der Waals surface area contributed by atoms with Gasteiger partial charge in [-0.25, -0.2) is 0 Å². The van der Waals surface area contributed by atoms with Crippen molar-refractivity contribution in [2.45, 2.75) is 18.9 Å². The number of nitrogens with zero attached hydrogens (tertiary/aromatic N) is 1. The third kappa shape index (κ3) is 4.50. The van der Waals surface area contributed by atoms with Gasteiger partial charge in [-0.05, 0) is 25.0 Å². The molecular formula is C13H17NO5. The van der Waals surface area contributed by atoms with Gasteiger partial charge in [-0.15, -0.1) is 0 Å². The van der Waals surface area contributed by atoms with Crippen molar-refractivity contribution in [3.63, 3.8) is 0 Å². The van der Waals surface area contributed by atoms with Gasteiger partial charge in [-0.3, -0.25) is 10.1 Å². The fraction of sp³-hybridized carbons (Fsp3) is 0.538. The number of nitro groups is 1. The van der Waals surface area contributed by atoms with Crippen molar-refractivity contribution in [1.29, 1.82) is 0 Å². The lowest BCUT2D eigenvalue weighted by molar-refractivity contribution is -0.384. The number of hydrogen-bond donors (Lipinski definition) is 0. The molecule has 1 fully saturated rings. The molecule has 1 saturated heterocycles. The van der Waals surface area contributed by atoms with E-state index in [-0.39, 0.29) is 11.8 Å². The van der Waals surface area contributed by atoms with Crippen molar-refractivity contribution in [1.82, 2.24) is 0 Å². The number of rotatable bonds is 6. The first-order valence-electron chi connectivity index (χ1n) is 6.32. The van der Waals surface area contributed by atoms with Gasteiger partial charge < -0.3 is 14.2 Å². The Hall–Kier alpha value is -1.66. The van der Waals surface area contributed by atoms with Crippen LogP contribution in [-0.4, -0.2) is 37.5 Å². The lowest BCUT2D eigenvalue weighted by Gasteiger charge is -2.22. The largest absolute Gasteiger partial charge is 0.491 e. The third-order valence-electron chi connectivity index (χ3n) is 2.92. The minimum Gasteiger partial charge on any atom is -0.491 e. The second-order valence-electron chi connectivity index (χ2n) is 4.28. The quantitative estimate of drug-likeness (QED) is 0.449. The van der Waals surface area contributed by atoms with E-state index in [4.69, 9.17) is 14.2 Å². The summed E-state index contributed by atoms with van der Waals surface area (Å²) in [6, 6.07) is 6.03. The topological polar surface area (TPSA) is 70.8 Å². The molecule has 0 unspecified atom stereocenters. The first-order chi connectivity index (χ1) is 9.25. The Morgan fingerprint density at radius 2 is 1.89 bits per heavy atom. The van der Waals surface area contributed by atoms with Crippen molar-refractivity contribution in [2.24, 2.45) is 0 Å². The molecule has 6 heteroatoms. The number of nitro benzene ring substituents is 1. The molecule has 6 nitrogen and oxygen atoms in total. The molecule has 0 N–H and O–H groups in total. The van der Waals surface area contributed by atoms with Crippen LogP contribution in [0.4, 0.5) is 5.69 Å². The molecule has 0 spiro atoms. The predicted octanol–water partition coefficient (Wildman–Crippen LogP) is 2.17. The summed E-state index contributed by atoms with van der Waals surface area (Å²) in [5.41, 5.74) is 0.0609. The van der Waals surface area contributed by atoms with Crippen LogP contribution in [0.5, 0.6) is 5.75 Å². The van der Waals surface area contributed by atoms with Crippen molar-refractivity contribution in [3.05, 3.63) is 34.4 Å². The van der Waals surface area contributed by atoms with Crippen LogP contribution in [0.25, 0.3) is 0 Å². The van der Waals surface area contributed by atoms with Crippen LogP contribution in [0.1, 0.15) is 12.8 Å². The second kappa shape index (κ2) is 7.06. The van der Waals surface area contributed by atoms with E-state index in [1.54, 1.807) is 12.1 Å². The van der Waals surface area contributed by atoms with E-state index in [9.17, 15) is 10.1 Å². The molecule has 1 aromatic carbocycles. The second-order valence-corrected chi connectivity index (χ2v) is 4.28. The summed E-state index contributed by atoms with van der Waals surface area (Å²) in [6.45, 7) is 2.47. The zero-order valence-electron chi connectivity index (χ0n) is 10.6. The van der Waals surface area contributed by atoms with Gasteiger partial charge in [0.05, 0.1) is 17.6 Å². The average Bonchev–Trinajstić information content (AvgIpc) is 2.45. The molecule has 104 valence electrons. The summed E-state index contributed by atoms with van der Waals surface area (Å²) in [7, 11) is 0. The van der Waals surface area contributed by atoms with Crippen molar-refractivity contribution in [3.8, 4) is 5.75 Å². The summed E-state index contributed by atoms with van der Waals surface area (Å²) in [4.78, 5) is 10.0. The van der Waals surface area contributed by atoms with Gasteiger partial charge in [0.1, 0.15) is 12.4 Å². The van der Waals surface area contributed by atoms with E-state index in [1.807, 2.05) is 0 Å². The highest BCUT2D eigenvalue weighted by Gasteiger charge is 2.13. The molecule has 0 atom stereocenters. The molecule has 0 aromatic heterocycles. The Kier molecular flexibility index (Phi) is 5.11. The molecule has 0 aliphatic carbocycles. The normalized spacial score (nSPS) is 16.2. The molecule has 1 aliphatic heterocycles. The van der Waals surface area contributed by atoms with E-state index in [1.165, 1.54) is 12.1 Å². The lowest BCUT2D eigenvalue weighted by atomic mass is 10.2. The number of ether oxygens (including phenoxy) is 3. The first kappa shape index (κ1) is 13.8. The van der Waals surface area contributed by atoms with Crippen LogP contribution in [0.2, 0.25) is 0 Å². The molecule has 19 heavy (non-hydrogen) atoms. The van der Waals surface area contributed by atoms with Crippen LogP contribution >= 0.6 is 0 Å². The smallest absolute Gasteiger partial charge is 0.269 e. The molecule has 0 amide bonds. The number of hydrogen-bond acceptors (Lipinski definition) is 5. The summed E-state index contributed by atoms with van der Waals surface area (Å²) in [5, 5.41) is 10.5. The zero-order chi connectivity index (χ0) is 13.5. The Bertz CT molecular complexity index is 400. The van der Waals surface area contributed by atoms with Crippen molar-refractivity contribution < 1.29 is 19.1 Å². The fourth-order valence-corrected chi connectivity index (χ4v) is 1.88. The Balaban J connectivity index is 1.66. The SMILES string of the molecule is O=[N+]([O-])c1ccc(OCCOC2CCOCC2)cc1. The van der Waals surface area contributed by atoms with Crippen LogP contribution in [-0.2, 0) is 9.47 Å². The standard InChI is InChI=1S/C13H17NO5/c15-14(16)11-1-3-12(4-2-11)18-9-10-19-13-5-7-17-8-6-13/h1-4,13H,5-10H2. The van der Waals surface area contributed by atoms with Crippen molar-refractivity contribution in [2.75, 3.05) is 26.4 Å². The van der Waals surface area contributed by atoms with E-state index in [0.717, 1.165) is 26.1 Å². The zero-order valence-corrected chi connectivity index (χ0v) is 10.6. The van der Waals surface area contributed by atoms with Gasteiger partial charge in [0.2, 0.25) is 0 Å². The van der Waals surface area contributed by atoms with Gasteiger partial charge in [-0.1, -0.05) is 0 Å². The van der Waals surface area contributed by atoms with Crippen LogP contribution in [0.15, 0.2) is 24.3 Å². The molecule has 1 aromatic rings. The summed E-state index contributed by atoms with van der Waals surface area (Å²) in [6.07, 6.45) is 2.11. The lowest BCUT2D eigenvalue weighted by Crippen LogP contribution is -2.25. The summed E-state index contributed by atoms with van der Waals surface area (Å²) < 4.78 is 16.3. The van der Waals surface area contributed by atoms with Crippen LogP contribution in [0, 0.1) is 10.1 Å². The highest BCUT2D eigenvalue weighted by atomic mass is 16.6. The van der Waals surface area contributed by atoms with E-state index in [0.29, 0.717) is 19.0 Å². The Labute approximate surface area is 111 Å². The van der Waals surface area contributed by atoms with Gasteiger partial charge in [0.15, 0.2) is 0 Å². The fourth-order valence-electron chi connectivity index (χ4n) is 1.88. The van der Waals surface area contributed by atoms with E-state index < -0.39 is 4.92 Å². The Morgan fingerprint density at radius 3 is 2.53 bits per heavy atom. The van der Waals surface area contributed by atoms with Gasteiger partial charge in [0.25, 0.3) is 5.69 Å². The molecule has 0 saturated carbocycles. The highest BCUT2D eigenvalue weighted by Crippen LogP contribution is 2.17. The molecule has 1 aliphatic rings. The van der Waals surface area contributed by atoms with Gasteiger partial charge >= 0.3 is 0 Å². The summed E-state index contributed by atoms with van der Waals surface area (Å²) in [5.74, 6) is 0.612. The maximum absolute atomic E-state index is 10.5.